The van der Waals surface area contributed by atoms with Crippen molar-refractivity contribution < 1.29 is 17.9 Å². The minimum atomic E-state index is -3.19. The monoisotopic (exact) mass is 469 g/mol. The van der Waals surface area contributed by atoms with Gasteiger partial charge in [0.15, 0.2) is 0 Å². The van der Waals surface area contributed by atoms with E-state index in [9.17, 15) is 13.2 Å². The van der Waals surface area contributed by atoms with Crippen molar-refractivity contribution in [3.05, 3.63) is 65.7 Å². The number of ether oxygens (including phenoxy) is 1. The number of hydrogen-bond donors (Lipinski definition) is 1. The van der Waals surface area contributed by atoms with Crippen molar-refractivity contribution in [3.8, 4) is 0 Å². The first-order chi connectivity index (χ1) is 15.8. The Balaban J connectivity index is 1.38. The number of rotatable bonds is 6. The normalized spacial score (nSPS) is 23.2. The molecule has 1 N–H and O–H groups in total. The lowest BCUT2D eigenvalue weighted by molar-refractivity contribution is -0.111. The number of hydrogen-bond acceptors (Lipinski definition) is 5. The fraction of sp³-hybridized carbons (Fsp3) is 0.400. The molecule has 8 heteroatoms. The number of carbonyl (C=O) groups excluding carboxylic acids is 1. The third-order valence-corrected chi connectivity index (χ3v) is 7.74. The third-order valence-electron chi connectivity index (χ3n) is 5.87. The number of morpholine rings is 1. The van der Waals surface area contributed by atoms with Gasteiger partial charge in [0, 0.05) is 37.9 Å². The van der Waals surface area contributed by atoms with E-state index in [1.54, 1.807) is 18.2 Å². The maximum atomic E-state index is 12.6. The largest absolute Gasteiger partial charge is 0.373 e. The quantitative estimate of drug-likeness (QED) is 0.656. The molecule has 2 aliphatic rings. The van der Waals surface area contributed by atoms with E-state index in [0.717, 1.165) is 36.4 Å². The molecular weight excluding hydrogens is 438 g/mol. The molecule has 2 aliphatic heterocycles. The highest BCUT2D eigenvalue weighted by atomic mass is 32.2. The average molecular weight is 470 g/mol. The van der Waals surface area contributed by atoms with Crippen LogP contribution >= 0.6 is 0 Å². The average Bonchev–Trinajstić information content (AvgIpc) is 3.12. The summed E-state index contributed by atoms with van der Waals surface area (Å²) < 4.78 is 31.4. The Morgan fingerprint density at radius 2 is 1.79 bits per heavy atom. The minimum Gasteiger partial charge on any atom is -0.373 e. The Labute approximate surface area is 196 Å². The molecule has 7 nitrogen and oxygen atoms in total. The van der Waals surface area contributed by atoms with Crippen LogP contribution in [0.15, 0.2) is 54.6 Å². The summed E-state index contributed by atoms with van der Waals surface area (Å²) in [6.45, 7) is 7.15. The first kappa shape index (κ1) is 23.5. The Hall–Kier alpha value is -2.68. The van der Waals surface area contributed by atoms with Crippen molar-refractivity contribution in [2.45, 2.75) is 39.0 Å². The molecule has 0 bridgehead atoms. The molecule has 2 heterocycles. The topological polar surface area (TPSA) is 79.0 Å². The lowest BCUT2D eigenvalue weighted by Gasteiger charge is -2.35. The molecule has 2 fully saturated rings. The van der Waals surface area contributed by atoms with E-state index in [2.05, 4.69) is 24.1 Å². The molecule has 2 aromatic carbocycles. The van der Waals surface area contributed by atoms with Crippen LogP contribution in [-0.4, -0.2) is 56.8 Å². The highest BCUT2D eigenvalue weighted by Crippen LogP contribution is 2.24. The molecule has 0 saturated carbocycles. The van der Waals surface area contributed by atoms with Crippen molar-refractivity contribution in [1.29, 1.82) is 0 Å². The van der Waals surface area contributed by atoms with Gasteiger partial charge < -0.3 is 10.1 Å². The van der Waals surface area contributed by atoms with Crippen LogP contribution in [0.5, 0.6) is 0 Å². The van der Waals surface area contributed by atoms with Gasteiger partial charge >= 0.3 is 0 Å². The summed E-state index contributed by atoms with van der Waals surface area (Å²) in [7, 11) is -3.19. The fourth-order valence-corrected chi connectivity index (χ4v) is 6.03. The van der Waals surface area contributed by atoms with Gasteiger partial charge in [-0.05, 0) is 55.7 Å². The number of para-hydroxylation sites is 1. The van der Waals surface area contributed by atoms with Crippen LogP contribution < -0.4 is 9.62 Å². The SMILES string of the molecule is CC1CN(Cc2ccccc2NC(=O)/C=C/c2ccc(N3CCCS3(=O)=O)cc2)CC(C)O1. The zero-order valence-corrected chi connectivity index (χ0v) is 19.9. The van der Waals surface area contributed by atoms with Crippen LogP contribution in [0.25, 0.3) is 6.08 Å². The van der Waals surface area contributed by atoms with Gasteiger partial charge in [-0.3, -0.25) is 14.0 Å². The minimum absolute atomic E-state index is 0.190. The van der Waals surface area contributed by atoms with Gasteiger partial charge in [0.2, 0.25) is 15.9 Å². The maximum Gasteiger partial charge on any atom is 0.248 e. The summed E-state index contributed by atoms with van der Waals surface area (Å²) in [5, 5.41) is 2.99. The van der Waals surface area contributed by atoms with Crippen LogP contribution in [0.1, 0.15) is 31.4 Å². The molecule has 2 aromatic rings. The van der Waals surface area contributed by atoms with Crippen LogP contribution in [0, 0.1) is 0 Å². The van der Waals surface area contributed by atoms with E-state index in [1.165, 1.54) is 10.4 Å². The highest BCUT2D eigenvalue weighted by Gasteiger charge is 2.28. The predicted octanol–water partition coefficient (Wildman–Crippen LogP) is 3.49. The molecule has 0 spiro atoms. The highest BCUT2D eigenvalue weighted by molar-refractivity contribution is 7.93. The van der Waals surface area contributed by atoms with Crippen molar-refractivity contribution in [2.75, 3.05) is 35.0 Å². The number of sulfonamides is 1. The second-order valence-corrected chi connectivity index (χ2v) is 10.8. The number of anilines is 2. The number of amides is 1. The van der Waals surface area contributed by atoms with Crippen molar-refractivity contribution >= 4 is 33.4 Å². The van der Waals surface area contributed by atoms with Gasteiger partial charge in [-0.1, -0.05) is 30.3 Å². The van der Waals surface area contributed by atoms with E-state index < -0.39 is 10.0 Å². The van der Waals surface area contributed by atoms with Gasteiger partial charge in [0.05, 0.1) is 23.6 Å². The van der Waals surface area contributed by atoms with Gasteiger partial charge in [-0.25, -0.2) is 8.42 Å². The van der Waals surface area contributed by atoms with Crippen molar-refractivity contribution in [1.82, 2.24) is 4.90 Å². The Bertz CT molecular complexity index is 1100. The lowest BCUT2D eigenvalue weighted by atomic mass is 10.1. The van der Waals surface area contributed by atoms with E-state index in [4.69, 9.17) is 4.74 Å². The van der Waals surface area contributed by atoms with E-state index >= 15 is 0 Å². The summed E-state index contributed by atoms with van der Waals surface area (Å²) in [5.74, 6) is -0.0164. The Morgan fingerprint density at radius 3 is 2.45 bits per heavy atom. The second kappa shape index (κ2) is 10.1. The van der Waals surface area contributed by atoms with Gasteiger partial charge in [-0.15, -0.1) is 0 Å². The number of benzene rings is 2. The molecule has 33 heavy (non-hydrogen) atoms. The lowest BCUT2D eigenvalue weighted by Crippen LogP contribution is -2.44. The van der Waals surface area contributed by atoms with Crippen LogP contribution in [0.4, 0.5) is 11.4 Å². The second-order valence-electron chi connectivity index (χ2n) is 8.76. The predicted molar refractivity (Wildman–Crippen MR) is 132 cm³/mol. The summed E-state index contributed by atoms with van der Waals surface area (Å²) in [6.07, 6.45) is 4.25. The Kier molecular flexibility index (Phi) is 7.17. The van der Waals surface area contributed by atoms with Crippen molar-refractivity contribution in [2.24, 2.45) is 0 Å². The van der Waals surface area contributed by atoms with Crippen LogP contribution in [-0.2, 0) is 26.1 Å². The molecule has 2 unspecified atom stereocenters. The van der Waals surface area contributed by atoms with Crippen LogP contribution in [0.2, 0.25) is 0 Å². The summed E-state index contributed by atoms with van der Waals surface area (Å²) >= 11 is 0. The van der Waals surface area contributed by atoms with Gasteiger partial charge in [0.25, 0.3) is 0 Å². The molecule has 0 aliphatic carbocycles. The Morgan fingerprint density at radius 1 is 1.09 bits per heavy atom. The number of nitrogens with zero attached hydrogens (tertiary/aromatic N) is 2. The van der Waals surface area contributed by atoms with Gasteiger partial charge in [0.1, 0.15) is 0 Å². The summed E-state index contributed by atoms with van der Waals surface area (Å²) in [6, 6.07) is 15.0. The standard InChI is InChI=1S/C25H31N3O4S/c1-19-16-27(17-20(2)32-19)18-22-6-3-4-7-24(22)26-25(29)13-10-21-8-11-23(12-9-21)28-14-5-15-33(28,30)31/h3-4,6-13,19-20H,5,14-18H2,1-2H3,(H,26,29)/b13-10+. The van der Waals surface area contributed by atoms with E-state index in [0.29, 0.717) is 18.7 Å². The summed E-state index contributed by atoms with van der Waals surface area (Å²) in [4.78, 5) is 14.9. The smallest absolute Gasteiger partial charge is 0.248 e. The molecule has 176 valence electrons. The number of carbonyl (C=O) groups is 1. The van der Waals surface area contributed by atoms with E-state index in [1.807, 2.05) is 36.4 Å². The zero-order valence-electron chi connectivity index (χ0n) is 19.1. The van der Waals surface area contributed by atoms with Gasteiger partial charge in [-0.2, -0.15) is 0 Å². The third kappa shape index (κ3) is 6.01. The molecule has 1 amide bonds. The molecule has 0 aromatic heterocycles. The fourth-order valence-electron chi connectivity index (χ4n) is 4.46. The van der Waals surface area contributed by atoms with E-state index in [-0.39, 0.29) is 23.9 Å². The molecule has 4 rings (SSSR count). The summed E-state index contributed by atoms with van der Waals surface area (Å²) in [5.41, 5.74) is 3.36. The molecule has 2 saturated heterocycles. The molecule has 0 radical (unpaired) electrons. The molecular formula is C25H31N3O4S. The van der Waals surface area contributed by atoms with Crippen LogP contribution in [0.3, 0.4) is 0 Å². The molecule has 2 atom stereocenters. The zero-order chi connectivity index (χ0) is 23.4. The number of nitrogens with one attached hydrogen (secondary N) is 1. The van der Waals surface area contributed by atoms with Crippen molar-refractivity contribution in [3.63, 3.8) is 0 Å². The first-order valence-corrected chi connectivity index (χ1v) is 13.0. The first-order valence-electron chi connectivity index (χ1n) is 11.4. The maximum absolute atomic E-state index is 12.6.